The van der Waals surface area contributed by atoms with Gasteiger partial charge in [-0.25, -0.2) is 8.42 Å². The zero-order valence-electron chi connectivity index (χ0n) is 17.8. The molecule has 1 fully saturated rings. The van der Waals surface area contributed by atoms with E-state index in [2.05, 4.69) is 38.1 Å². The average Bonchev–Trinajstić information content (AvgIpc) is 3.51. The summed E-state index contributed by atoms with van der Waals surface area (Å²) < 4.78 is 30.9. The SMILES string of the molecule is CC(C)c1ccc(CN(C(=O)c2ccc(CS(=O)(=O)c3ccccc3)o2)C2CC2)cc1. The smallest absolute Gasteiger partial charge is 0.290 e. The van der Waals surface area contributed by atoms with E-state index in [1.54, 1.807) is 42.5 Å². The monoisotopic (exact) mass is 437 g/mol. The number of sulfone groups is 1. The molecule has 3 aromatic rings. The fourth-order valence-electron chi connectivity index (χ4n) is 3.57. The van der Waals surface area contributed by atoms with Crippen LogP contribution in [0.1, 0.15) is 60.0 Å². The van der Waals surface area contributed by atoms with Gasteiger partial charge in [-0.05, 0) is 54.2 Å². The van der Waals surface area contributed by atoms with Crippen molar-refractivity contribution >= 4 is 15.7 Å². The summed E-state index contributed by atoms with van der Waals surface area (Å²) in [6.07, 6.45) is 1.96. The first-order valence-corrected chi connectivity index (χ1v) is 12.2. The third-order valence-electron chi connectivity index (χ3n) is 5.55. The highest BCUT2D eigenvalue weighted by Crippen LogP contribution is 2.31. The number of hydrogen-bond donors (Lipinski definition) is 0. The molecule has 0 bridgehead atoms. The van der Waals surface area contributed by atoms with Crippen LogP contribution >= 0.6 is 0 Å². The van der Waals surface area contributed by atoms with Gasteiger partial charge in [-0.2, -0.15) is 0 Å². The van der Waals surface area contributed by atoms with Gasteiger partial charge < -0.3 is 9.32 Å². The minimum Gasteiger partial charge on any atom is -0.455 e. The quantitative estimate of drug-likeness (QED) is 0.487. The van der Waals surface area contributed by atoms with E-state index in [9.17, 15) is 13.2 Å². The molecule has 0 aliphatic heterocycles. The highest BCUT2D eigenvalue weighted by Gasteiger charge is 2.34. The van der Waals surface area contributed by atoms with Crippen molar-refractivity contribution < 1.29 is 17.6 Å². The Balaban J connectivity index is 1.48. The minimum absolute atomic E-state index is 0.184. The molecule has 0 N–H and O–H groups in total. The number of benzene rings is 2. The van der Waals surface area contributed by atoms with Gasteiger partial charge in [0, 0.05) is 12.6 Å². The molecule has 0 spiro atoms. The summed E-state index contributed by atoms with van der Waals surface area (Å²) in [6, 6.07) is 20.0. The van der Waals surface area contributed by atoms with E-state index in [4.69, 9.17) is 4.42 Å². The highest BCUT2D eigenvalue weighted by molar-refractivity contribution is 7.90. The molecule has 1 saturated carbocycles. The van der Waals surface area contributed by atoms with Crippen molar-refractivity contribution in [2.45, 2.75) is 55.8 Å². The third kappa shape index (κ3) is 5.07. The van der Waals surface area contributed by atoms with Gasteiger partial charge in [-0.3, -0.25) is 4.79 Å². The van der Waals surface area contributed by atoms with Crippen molar-refractivity contribution in [1.29, 1.82) is 0 Å². The molecule has 0 atom stereocenters. The second kappa shape index (κ2) is 8.71. The molecule has 4 rings (SSSR count). The zero-order chi connectivity index (χ0) is 22.0. The van der Waals surface area contributed by atoms with E-state index >= 15 is 0 Å². The first kappa shape index (κ1) is 21.4. The summed E-state index contributed by atoms with van der Waals surface area (Å²) in [7, 11) is -3.53. The Kier molecular flexibility index (Phi) is 6.01. The Morgan fingerprint density at radius 1 is 1.00 bits per heavy atom. The molecule has 0 saturated heterocycles. The number of carbonyl (C=O) groups excluding carboxylic acids is 1. The van der Waals surface area contributed by atoms with Crippen LogP contribution in [0.4, 0.5) is 0 Å². The van der Waals surface area contributed by atoms with Crippen LogP contribution in [0, 0.1) is 0 Å². The Bertz CT molecular complexity index is 1140. The molecule has 0 unspecified atom stereocenters. The Labute approximate surface area is 183 Å². The predicted octanol–water partition coefficient (Wildman–Crippen LogP) is 5.18. The number of hydrogen-bond acceptors (Lipinski definition) is 4. The molecule has 2 aromatic carbocycles. The lowest BCUT2D eigenvalue weighted by molar-refractivity contribution is 0.0696. The van der Waals surface area contributed by atoms with Crippen molar-refractivity contribution in [2.75, 3.05) is 0 Å². The van der Waals surface area contributed by atoms with Gasteiger partial charge in [0.25, 0.3) is 5.91 Å². The molecule has 1 amide bonds. The van der Waals surface area contributed by atoms with Gasteiger partial charge in [0.15, 0.2) is 15.6 Å². The summed E-state index contributed by atoms with van der Waals surface area (Å²) in [6.45, 7) is 4.82. The van der Waals surface area contributed by atoms with E-state index in [1.807, 2.05) is 4.90 Å². The van der Waals surface area contributed by atoms with Crippen LogP contribution in [-0.4, -0.2) is 25.3 Å². The highest BCUT2D eigenvalue weighted by atomic mass is 32.2. The molecule has 1 heterocycles. The van der Waals surface area contributed by atoms with Crippen LogP contribution in [0.25, 0.3) is 0 Å². The Morgan fingerprint density at radius 2 is 1.68 bits per heavy atom. The normalized spacial score (nSPS) is 14.0. The number of rotatable bonds is 8. The van der Waals surface area contributed by atoms with Gasteiger partial charge in [-0.15, -0.1) is 0 Å². The van der Waals surface area contributed by atoms with Gasteiger partial charge in [0.2, 0.25) is 0 Å². The standard InChI is InChI=1S/C25H27NO4S/c1-18(2)20-10-8-19(9-11-20)16-26(21-12-13-21)25(27)24-15-14-22(30-24)17-31(28,29)23-6-4-3-5-7-23/h3-11,14-15,18,21H,12-13,16-17H2,1-2H3. The van der Waals surface area contributed by atoms with Crippen LogP contribution < -0.4 is 0 Å². The number of nitrogens with zero attached hydrogens (tertiary/aromatic N) is 1. The van der Waals surface area contributed by atoms with E-state index in [1.165, 1.54) is 5.56 Å². The van der Waals surface area contributed by atoms with Gasteiger partial charge >= 0.3 is 0 Å². The van der Waals surface area contributed by atoms with Crippen LogP contribution in [0.5, 0.6) is 0 Å². The van der Waals surface area contributed by atoms with Crippen LogP contribution in [-0.2, 0) is 22.1 Å². The van der Waals surface area contributed by atoms with Crippen molar-refractivity contribution in [3.63, 3.8) is 0 Å². The van der Waals surface area contributed by atoms with Crippen molar-refractivity contribution in [2.24, 2.45) is 0 Å². The summed E-state index contributed by atoms with van der Waals surface area (Å²) in [5.74, 6) is 0.445. The van der Waals surface area contributed by atoms with Gasteiger partial charge in [-0.1, -0.05) is 56.3 Å². The third-order valence-corrected chi connectivity index (χ3v) is 7.21. The number of amides is 1. The predicted molar refractivity (Wildman–Crippen MR) is 119 cm³/mol. The van der Waals surface area contributed by atoms with E-state index in [-0.39, 0.29) is 34.1 Å². The lowest BCUT2D eigenvalue weighted by Crippen LogP contribution is -2.32. The topological polar surface area (TPSA) is 67.6 Å². The summed E-state index contributed by atoms with van der Waals surface area (Å²) >= 11 is 0. The fraction of sp³-hybridized carbons (Fsp3) is 0.320. The zero-order valence-corrected chi connectivity index (χ0v) is 18.6. The molecule has 31 heavy (non-hydrogen) atoms. The lowest BCUT2D eigenvalue weighted by atomic mass is 10.0. The van der Waals surface area contributed by atoms with E-state index < -0.39 is 9.84 Å². The van der Waals surface area contributed by atoms with E-state index in [0.29, 0.717) is 12.5 Å². The van der Waals surface area contributed by atoms with E-state index in [0.717, 1.165) is 18.4 Å². The Morgan fingerprint density at radius 3 is 2.29 bits per heavy atom. The second-order valence-corrected chi connectivity index (χ2v) is 10.4. The molecule has 5 nitrogen and oxygen atoms in total. The first-order chi connectivity index (χ1) is 14.8. The van der Waals surface area contributed by atoms with Crippen molar-refractivity contribution in [3.8, 4) is 0 Å². The number of carbonyl (C=O) groups is 1. The van der Waals surface area contributed by atoms with Gasteiger partial charge in [0.05, 0.1) is 4.90 Å². The molecule has 1 aliphatic carbocycles. The maximum atomic E-state index is 13.1. The summed E-state index contributed by atoms with van der Waals surface area (Å²) in [5, 5.41) is 0. The molecule has 1 aromatic heterocycles. The molecular weight excluding hydrogens is 410 g/mol. The largest absolute Gasteiger partial charge is 0.455 e. The maximum absolute atomic E-state index is 13.1. The molecule has 162 valence electrons. The fourth-order valence-corrected chi connectivity index (χ4v) is 4.84. The summed E-state index contributed by atoms with van der Waals surface area (Å²) in [4.78, 5) is 15.2. The van der Waals surface area contributed by atoms with Crippen molar-refractivity contribution in [1.82, 2.24) is 4.90 Å². The molecule has 1 aliphatic rings. The second-order valence-electron chi connectivity index (χ2n) is 8.40. The maximum Gasteiger partial charge on any atom is 0.290 e. The molecule has 0 radical (unpaired) electrons. The number of furan rings is 1. The van der Waals surface area contributed by atoms with Crippen LogP contribution in [0.15, 0.2) is 76.0 Å². The Hall–Kier alpha value is -2.86. The van der Waals surface area contributed by atoms with Crippen LogP contribution in [0.2, 0.25) is 0 Å². The minimum atomic E-state index is -3.53. The average molecular weight is 438 g/mol. The van der Waals surface area contributed by atoms with Crippen molar-refractivity contribution in [3.05, 3.63) is 89.4 Å². The first-order valence-electron chi connectivity index (χ1n) is 10.6. The lowest BCUT2D eigenvalue weighted by Gasteiger charge is -2.21. The summed E-state index contributed by atoms with van der Waals surface area (Å²) in [5.41, 5.74) is 2.34. The molecule has 6 heteroatoms. The molecular formula is C25H27NO4S. The van der Waals surface area contributed by atoms with Gasteiger partial charge in [0.1, 0.15) is 11.5 Å². The van der Waals surface area contributed by atoms with Crippen LogP contribution in [0.3, 0.4) is 0 Å².